The maximum absolute atomic E-state index is 12.6. The summed E-state index contributed by atoms with van der Waals surface area (Å²) in [5.41, 5.74) is 0.0316. The molecule has 0 bridgehead atoms. The van der Waals surface area contributed by atoms with Crippen LogP contribution in [0.2, 0.25) is 0 Å². The lowest BCUT2D eigenvalue weighted by Gasteiger charge is -2.26. The summed E-state index contributed by atoms with van der Waals surface area (Å²) in [5, 5.41) is 9.19. The molecule has 8 nitrogen and oxygen atoms in total. The fraction of sp³-hybridized carbons (Fsp3) is 0.600. The van der Waals surface area contributed by atoms with Gasteiger partial charge < -0.3 is 14.2 Å². The number of rotatable bonds is 5. The summed E-state index contributed by atoms with van der Waals surface area (Å²) >= 11 is 0. The Hall–Kier alpha value is -2.82. The van der Waals surface area contributed by atoms with Crippen LogP contribution in [0, 0.1) is 17.2 Å². The Morgan fingerprint density at radius 1 is 1.39 bits per heavy atom. The molecule has 2 rings (SSSR count). The Bertz CT molecular complexity index is 751. The lowest BCUT2D eigenvalue weighted by atomic mass is 10.0. The normalized spacial score (nSPS) is 14.8. The number of carbonyl (C=O) groups is 2. The van der Waals surface area contributed by atoms with Gasteiger partial charge in [-0.2, -0.15) is 5.26 Å². The highest BCUT2D eigenvalue weighted by Crippen LogP contribution is 2.31. The highest BCUT2D eigenvalue weighted by molar-refractivity contribution is 5.88. The summed E-state index contributed by atoms with van der Waals surface area (Å²) in [5.74, 6) is -0.472. The molecule has 1 aromatic rings. The molecule has 2 heterocycles. The van der Waals surface area contributed by atoms with E-state index in [1.165, 1.54) is 4.90 Å². The van der Waals surface area contributed by atoms with E-state index in [2.05, 4.69) is 4.98 Å². The number of pyridine rings is 1. The number of anilines is 1. The number of esters is 1. The van der Waals surface area contributed by atoms with Crippen LogP contribution in [-0.4, -0.2) is 42.4 Å². The smallest absolute Gasteiger partial charge is 0.416 e. The Labute approximate surface area is 165 Å². The van der Waals surface area contributed by atoms with Crippen molar-refractivity contribution in [3.63, 3.8) is 0 Å². The zero-order valence-electron chi connectivity index (χ0n) is 16.9. The average Bonchev–Trinajstić information content (AvgIpc) is 2.83. The third-order valence-electron chi connectivity index (χ3n) is 3.97. The predicted molar refractivity (Wildman–Crippen MR) is 102 cm³/mol. The van der Waals surface area contributed by atoms with Crippen LogP contribution in [0.25, 0.3) is 0 Å². The second-order valence-electron chi connectivity index (χ2n) is 7.43. The predicted octanol–water partition coefficient (Wildman–Crippen LogP) is 3.24. The van der Waals surface area contributed by atoms with Gasteiger partial charge in [0.25, 0.3) is 0 Å². The van der Waals surface area contributed by atoms with Crippen molar-refractivity contribution in [1.29, 1.82) is 5.26 Å². The van der Waals surface area contributed by atoms with Crippen molar-refractivity contribution in [3.8, 4) is 11.8 Å². The van der Waals surface area contributed by atoms with Crippen LogP contribution in [0.1, 0.15) is 46.2 Å². The van der Waals surface area contributed by atoms with E-state index in [4.69, 9.17) is 14.2 Å². The molecular formula is C20H27N3O5. The van der Waals surface area contributed by atoms with E-state index in [-0.39, 0.29) is 13.0 Å². The van der Waals surface area contributed by atoms with Crippen LogP contribution in [0.3, 0.4) is 0 Å². The summed E-state index contributed by atoms with van der Waals surface area (Å²) in [7, 11) is 0. The fourth-order valence-corrected chi connectivity index (χ4v) is 2.70. The highest BCUT2D eigenvalue weighted by atomic mass is 16.6. The monoisotopic (exact) mass is 389 g/mol. The second-order valence-corrected chi connectivity index (χ2v) is 7.43. The van der Waals surface area contributed by atoms with Gasteiger partial charge in [0.1, 0.15) is 11.5 Å². The summed E-state index contributed by atoms with van der Waals surface area (Å²) in [6, 6.07) is 5.50. The van der Waals surface area contributed by atoms with E-state index in [9.17, 15) is 14.9 Å². The zero-order chi connectivity index (χ0) is 20.7. The third kappa shape index (κ3) is 5.84. The molecule has 28 heavy (non-hydrogen) atoms. The Morgan fingerprint density at radius 3 is 2.79 bits per heavy atom. The van der Waals surface area contributed by atoms with Crippen LogP contribution in [-0.2, 0) is 20.7 Å². The Balaban J connectivity index is 2.19. The number of hydrogen-bond donors (Lipinski definition) is 0. The number of amides is 1. The number of ether oxygens (including phenoxy) is 3. The minimum atomic E-state index is -0.848. The number of hydrogen-bond acceptors (Lipinski definition) is 7. The van der Waals surface area contributed by atoms with Gasteiger partial charge in [-0.05, 0) is 59.1 Å². The summed E-state index contributed by atoms with van der Waals surface area (Å²) < 4.78 is 16.1. The van der Waals surface area contributed by atoms with Gasteiger partial charge in [-0.3, -0.25) is 9.69 Å². The van der Waals surface area contributed by atoms with E-state index in [1.54, 1.807) is 39.8 Å². The van der Waals surface area contributed by atoms with Gasteiger partial charge in [-0.15, -0.1) is 0 Å². The Morgan fingerprint density at radius 2 is 2.14 bits per heavy atom. The van der Waals surface area contributed by atoms with Crippen molar-refractivity contribution >= 4 is 17.9 Å². The molecule has 152 valence electrons. The van der Waals surface area contributed by atoms with Gasteiger partial charge in [-0.1, -0.05) is 0 Å². The molecule has 0 radical (unpaired) electrons. The van der Waals surface area contributed by atoms with Gasteiger partial charge in [-0.25, -0.2) is 9.78 Å². The molecule has 1 aliphatic rings. The van der Waals surface area contributed by atoms with Crippen LogP contribution in [0.5, 0.6) is 5.75 Å². The molecule has 0 aromatic carbocycles. The lowest BCUT2D eigenvalue weighted by molar-refractivity contribution is -0.146. The molecule has 0 saturated heterocycles. The van der Waals surface area contributed by atoms with Crippen LogP contribution in [0.15, 0.2) is 12.1 Å². The van der Waals surface area contributed by atoms with Gasteiger partial charge in [0.05, 0.1) is 19.3 Å². The zero-order valence-corrected chi connectivity index (χ0v) is 16.9. The fourth-order valence-electron chi connectivity index (χ4n) is 2.70. The third-order valence-corrected chi connectivity index (χ3v) is 3.97. The first kappa shape index (κ1) is 21.5. The molecule has 0 N–H and O–H groups in total. The molecule has 0 fully saturated rings. The summed E-state index contributed by atoms with van der Waals surface area (Å²) in [4.78, 5) is 30.4. The summed E-state index contributed by atoms with van der Waals surface area (Å²) in [6.07, 6.45) is 0.857. The topological polar surface area (TPSA) is 102 Å². The minimum Gasteiger partial charge on any atom is -0.490 e. The molecule has 1 unspecified atom stereocenters. The molecule has 1 aromatic heterocycles. The molecule has 1 atom stereocenters. The van der Waals surface area contributed by atoms with E-state index in [1.807, 2.05) is 6.07 Å². The molecule has 1 amide bonds. The van der Waals surface area contributed by atoms with Gasteiger partial charge in [0, 0.05) is 12.2 Å². The van der Waals surface area contributed by atoms with Crippen molar-refractivity contribution in [1.82, 2.24) is 4.98 Å². The van der Waals surface area contributed by atoms with Crippen molar-refractivity contribution in [3.05, 3.63) is 17.8 Å². The first-order valence-electron chi connectivity index (χ1n) is 9.44. The van der Waals surface area contributed by atoms with Crippen molar-refractivity contribution in [2.24, 2.45) is 5.92 Å². The molecule has 8 heteroatoms. The maximum atomic E-state index is 12.6. The number of aryl methyl sites for hydroxylation is 1. The number of carbonyl (C=O) groups excluding carboxylic acids is 2. The SMILES string of the molecule is CCOC(=O)C(C#N)CCc1ccc2c(n1)N(C(=O)OC(C)(C)C)CCCO2. The summed E-state index contributed by atoms with van der Waals surface area (Å²) in [6.45, 7) is 8.26. The lowest BCUT2D eigenvalue weighted by Crippen LogP contribution is -2.37. The number of nitrogens with zero attached hydrogens (tertiary/aromatic N) is 3. The highest BCUT2D eigenvalue weighted by Gasteiger charge is 2.29. The van der Waals surface area contributed by atoms with Crippen LogP contribution in [0.4, 0.5) is 10.6 Å². The van der Waals surface area contributed by atoms with Crippen molar-refractivity contribution < 1.29 is 23.8 Å². The minimum absolute atomic E-state index is 0.232. The molecule has 0 saturated carbocycles. The van der Waals surface area contributed by atoms with Gasteiger partial charge in [0.2, 0.25) is 0 Å². The van der Waals surface area contributed by atoms with Crippen molar-refractivity contribution in [2.45, 2.75) is 52.6 Å². The quantitative estimate of drug-likeness (QED) is 0.712. The molecular weight excluding hydrogens is 362 g/mol. The van der Waals surface area contributed by atoms with Crippen LogP contribution < -0.4 is 9.64 Å². The van der Waals surface area contributed by atoms with E-state index < -0.39 is 23.6 Å². The first-order chi connectivity index (χ1) is 13.2. The number of aromatic nitrogens is 1. The molecule has 0 spiro atoms. The Kier molecular flexibility index (Phi) is 7.21. The van der Waals surface area contributed by atoms with Crippen molar-refractivity contribution in [2.75, 3.05) is 24.7 Å². The number of nitriles is 1. The average molecular weight is 389 g/mol. The molecule has 0 aliphatic carbocycles. The second kappa shape index (κ2) is 9.40. The van der Waals surface area contributed by atoms with Crippen LogP contribution >= 0.6 is 0 Å². The van der Waals surface area contributed by atoms with Gasteiger partial charge >= 0.3 is 12.1 Å². The molecule has 1 aliphatic heterocycles. The largest absolute Gasteiger partial charge is 0.490 e. The van der Waals surface area contributed by atoms with E-state index in [0.717, 1.165) is 0 Å². The van der Waals surface area contributed by atoms with Gasteiger partial charge in [0.15, 0.2) is 11.6 Å². The number of fused-ring (bicyclic) bond motifs is 1. The maximum Gasteiger partial charge on any atom is 0.416 e. The standard InChI is InChI=1S/C20H27N3O5/c1-5-26-18(24)14(13-21)7-8-15-9-10-16-17(22-15)23(11-6-12-27-16)19(25)28-20(2,3)4/h9-10,14H,5-8,11-12H2,1-4H3. The van der Waals surface area contributed by atoms with E-state index >= 15 is 0 Å². The first-order valence-corrected chi connectivity index (χ1v) is 9.44. The van der Waals surface area contributed by atoms with E-state index in [0.29, 0.717) is 43.3 Å².